The monoisotopic (exact) mass is 758 g/mol. The minimum absolute atomic E-state index is 0.0116. The second-order valence-corrected chi connectivity index (χ2v) is 18.3. The number of ketones is 1. The largest absolute Gasteiger partial charge is 0.465 e. The van der Waals surface area contributed by atoms with Gasteiger partial charge in [-0.25, -0.2) is 3.63 Å². The molecule has 2 aliphatic rings. The van der Waals surface area contributed by atoms with Crippen LogP contribution in [-0.2, 0) is 32.8 Å². The smallest absolute Gasteiger partial charge is 0.278 e. The predicted molar refractivity (Wildman–Crippen MR) is 200 cm³/mol. The zero-order valence-corrected chi connectivity index (χ0v) is 33.2. The Hall–Kier alpha value is -3.13. The molecular formula is C40H54O10S2. The van der Waals surface area contributed by atoms with Crippen molar-refractivity contribution in [1.82, 2.24) is 0 Å². The van der Waals surface area contributed by atoms with E-state index >= 15 is 0 Å². The summed E-state index contributed by atoms with van der Waals surface area (Å²) < 4.78 is 72.0. The van der Waals surface area contributed by atoms with E-state index in [1.54, 1.807) is 75.4 Å². The Kier molecular flexibility index (Phi) is 12.7. The molecule has 3 aromatic rings. The summed E-state index contributed by atoms with van der Waals surface area (Å²) in [7, 11) is -7.61. The number of rotatable bonds is 19. The zero-order valence-electron chi connectivity index (χ0n) is 31.6. The SMILES string of the molecule is CCOC(C)Oc1cccc(S(OS(=O)(=O)CC23CCC(CC2=O)C3(C)C)(c2cccc(OC(C)OCC)c2)c2cccc(OC(C)OCC)c2)c1. The van der Waals surface area contributed by atoms with Crippen molar-refractivity contribution in [3.8, 4) is 17.2 Å². The van der Waals surface area contributed by atoms with Crippen LogP contribution in [0, 0.1) is 16.7 Å². The first-order chi connectivity index (χ1) is 24.7. The fourth-order valence-electron chi connectivity index (χ4n) is 7.68. The van der Waals surface area contributed by atoms with Crippen LogP contribution in [0.15, 0.2) is 87.5 Å². The highest BCUT2D eigenvalue weighted by Gasteiger charge is 2.66. The molecule has 10 nitrogen and oxygen atoms in total. The average molecular weight is 759 g/mol. The molecule has 5 unspecified atom stereocenters. The molecule has 0 saturated heterocycles. The Morgan fingerprint density at radius 2 is 1.10 bits per heavy atom. The third-order valence-electron chi connectivity index (χ3n) is 10.3. The lowest BCUT2D eigenvalue weighted by Gasteiger charge is -2.42. The maximum atomic E-state index is 14.9. The molecule has 0 spiro atoms. The van der Waals surface area contributed by atoms with E-state index in [0.717, 1.165) is 6.42 Å². The summed E-state index contributed by atoms with van der Waals surface area (Å²) in [6, 6.07) is 21.7. The highest BCUT2D eigenvalue weighted by atomic mass is 32.3. The van der Waals surface area contributed by atoms with E-state index in [9.17, 15) is 13.2 Å². The Morgan fingerprint density at radius 3 is 1.42 bits per heavy atom. The number of hydrogen-bond donors (Lipinski definition) is 0. The summed E-state index contributed by atoms with van der Waals surface area (Å²) in [5.41, 5.74) is -1.54. The number of Topliss-reactive ketones (excluding diaryl/α,β-unsaturated/α-hetero) is 1. The van der Waals surface area contributed by atoms with Gasteiger partial charge in [0.05, 0.1) is 11.2 Å². The van der Waals surface area contributed by atoms with E-state index in [4.69, 9.17) is 32.1 Å². The second-order valence-electron chi connectivity index (χ2n) is 13.8. The summed E-state index contributed by atoms with van der Waals surface area (Å²) in [5.74, 6) is 1.10. The topological polar surface area (TPSA) is 116 Å². The Labute approximate surface area is 311 Å². The van der Waals surface area contributed by atoms with Gasteiger partial charge in [-0.2, -0.15) is 8.42 Å². The molecule has 2 aliphatic carbocycles. The molecule has 0 amide bonds. The van der Waals surface area contributed by atoms with Crippen molar-refractivity contribution < 1.29 is 45.3 Å². The van der Waals surface area contributed by atoms with Crippen molar-refractivity contribution in [2.75, 3.05) is 25.6 Å². The van der Waals surface area contributed by atoms with E-state index in [-0.39, 0.29) is 11.7 Å². The van der Waals surface area contributed by atoms with Crippen LogP contribution in [0.1, 0.15) is 74.7 Å². The molecule has 5 rings (SSSR count). The van der Waals surface area contributed by atoms with Gasteiger partial charge >= 0.3 is 0 Å². The molecule has 2 fully saturated rings. The normalized spacial score (nSPS) is 23.0. The molecule has 2 saturated carbocycles. The van der Waals surface area contributed by atoms with Crippen LogP contribution in [0.5, 0.6) is 17.2 Å². The van der Waals surface area contributed by atoms with Crippen molar-refractivity contribution in [2.45, 2.75) is 108 Å². The van der Waals surface area contributed by atoms with E-state index in [2.05, 4.69) is 0 Å². The van der Waals surface area contributed by atoms with Crippen LogP contribution < -0.4 is 14.2 Å². The van der Waals surface area contributed by atoms with Gasteiger partial charge in [0, 0.05) is 40.9 Å². The number of hydrogen-bond acceptors (Lipinski definition) is 10. The highest BCUT2D eigenvalue weighted by molar-refractivity contribution is 8.33. The van der Waals surface area contributed by atoms with Crippen LogP contribution in [0.25, 0.3) is 0 Å². The number of carbonyl (C=O) groups is 1. The van der Waals surface area contributed by atoms with Crippen LogP contribution >= 0.6 is 10.3 Å². The van der Waals surface area contributed by atoms with Crippen LogP contribution in [0.3, 0.4) is 0 Å². The summed E-state index contributed by atoms with van der Waals surface area (Å²) in [5, 5.41) is 0. The summed E-state index contributed by atoms with van der Waals surface area (Å²) in [6.45, 7) is 16.4. The van der Waals surface area contributed by atoms with Gasteiger partial charge in [-0.1, -0.05) is 32.0 Å². The third kappa shape index (κ3) is 8.32. The molecule has 3 aromatic carbocycles. The molecular weight excluding hydrogens is 705 g/mol. The average Bonchev–Trinajstić information content (AvgIpc) is 3.42. The number of benzene rings is 3. The highest BCUT2D eigenvalue weighted by Crippen LogP contribution is 2.72. The molecule has 0 N–H and O–H groups in total. The Bertz CT molecular complexity index is 1650. The van der Waals surface area contributed by atoms with Crippen LogP contribution in [0.2, 0.25) is 0 Å². The zero-order chi connectivity index (χ0) is 37.7. The molecule has 0 radical (unpaired) electrons. The van der Waals surface area contributed by atoms with Gasteiger partial charge in [-0.05, 0) is 131 Å². The minimum atomic E-state index is -4.43. The maximum absolute atomic E-state index is 14.9. The Balaban J connectivity index is 1.74. The van der Waals surface area contributed by atoms with E-state index in [1.807, 2.05) is 52.8 Å². The fourth-order valence-corrected chi connectivity index (χ4v) is 13.8. The predicted octanol–water partition coefficient (Wildman–Crippen LogP) is 8.91. The van der Waals surface area contributed by atoms with Crippen molar-refractivity contribution in [3.05, 3.63) is 72.8 Å². The quantitative estimate of drug-likeness (QED) is 0.110. The molecule has 0 heterocycles. The molecule has 2 bridgehead atoms. The lowest BCUT2D eigenvalue weighted by molar-refractivity contribution is -0.128. The lowest BCUT2D eigenvalue weighted by atomic mass is 9.70. The van der Waals surface area contributed by atoms with Crippen molar-refractivity contribution in [1.29, 1.82) is 0 Å². The molecule has 0 aromatic heterocycles. The van der Waals surface area contributed by atoms with Crippen molar-refractivity contribution in [2.24, 2.45) is 16.7 Å². The Morgan fingerprint density at radius 1 is 0.692 bits per heavy atom. The van der Waals surface area contributed by atoms with E-state index < -0.39 is 55.9 Å². The number of carbonyl (C=O) groups excluding carboxylic acids is 1. The number of ether oxygens (including phenoxy) is 6. The van der Waals surface area contributed by atoms with Gasteiger partial charge in [0.1, 0.15) is 23.0 Å². The molecule has 12 heteroatoms. The third-order valence-corrected chi connectivity index (χ3v) is 15.5. The van der Waals surface area contributed by atoms with Gasteiger partial charge < -0.3 is 28.4 Å². The lowest BCUT2D eigenvalue weighted by Crippen LogP contribution is -2.42. The van der Waals surface area contributed by atoms with Crippen LogP contribution in [-0.4, -0.2) is 58.6 Å². The van der Waals surface area contributed by atoms with E-state index in [0.29, 0.717) is 64.6 Å². The molecule has 286 valence electrons. The molecule has 0 aliphatic heterocycles. The van der Waals surface area contributed by atoms with Gasteiger partial charge in [-0.3, -0.25) is 4.79 Å². The standard InChI is InChI=1S/C40H54O10S2/c1-9-44-28(4)47-32-15-12-18-35(24-32)52(36-19-13-16-33(25-36)48-29(5)45-10-2,37-20-14-17-34(26-37)49-30(6)46-11-3)50-51(42,43)27-40-22-21-31(23-38(40)41)39(40,7)8/h12-20,24-26,28-31H,9-11,21-23,27H2,1-8H3. The summed E-state index contributed by atoms with van der Waals surface area (Å²) in [4.78, 5) is 15.3. The minimum Gasteiger partial charge on any atom is -0.465 e. The van der Waals surface area contributed by atoms with Crippen molar-refractivity contribution in [3.63, 3.8) is 0 Å². The van der Waals surface area contributed by atoms with Gasteiger partial charge in [0.15, 0.2) is 18.9 Å². The molecule has 5 atom stereocenters. The molecule has 52 heavy (non-hydrogen) atoms. The van der Waals surface area contributed by atoms with Crippen LogP contribution in [0.4, 0.5) is 0 Å². The second kappa shape index (κ2) is 16.5. The summed E-state index contributed by atoms with van der Waals surface area (Å²) >= 11 is 0. The first kappa shape index (κ1) is 40.1. The fraction of sp³-hybridized carbons (Fsp3) is 0.525. The summed E-state index contributed by atoms with van der Waals surface area (Å²) in [6.07, 6.45) is 0.00358. The van der Waals surface area contributed by atoms with Gasteiger partial charge in [0.25, 0.3) is 10.1 Å². The van der Waals surface area contributed by atoms with Crippen molar-refractivity contribution >= 4 is 26.2 Å². The number of fused-ring (bicyclic) bond motifs is 2. The van der Waals surface area contributed by atoms with Gasteiger partial charge in [0.2, 0.25) is 0 Å². The first-order valence-electron chi connectivity index (χ1n) is 18.1. The van der Waals surface area contributed by atoms with Gasteiger partial charge in [-0.15, -0.1) is 0 Å². The first-order valence-corrected chi connectivity index (χ1v) is 21.3. The van der Waals surface area contributed by atoms with E-state index in [1.165, 1.54) is 0 Å². The maximum Gasteiger partial charge on any atom is 0.278 e.